The van der Waals surface area contributed by atoms with Crippen LogP contribution in [0.5, 0.6) is 11.5 Å². The van der Waals surface area contributed by atoms with Gasteiger partial charge in [-0.2, -0.15) is 0 Å². The van der Waals surface area contributed by atoms with Gasteiger partial charge < -0.3 is 9.47 Å². The summed E-state index contributed by atoms with van der Waals surface area (Å²) in [7, 11) is 1.53. The fraction of sp³-hybridized carbons (Fsp3) is 0.182. The van der Waals surface area contributed by atoms with E-state index in [9.17, 15) is 4.79 Å². The smallest absolute Gasteiger partial charge is 0.162 e. The van der Waals surface area contributed by atoms with Crippen molar-refractivity contribution < 1.29 is 14.3 Å². The molecule has 0 aliphatic heterocycles. The van der Waals surface area contributed by atoms with Crippen molar-refractivity contribution in [2.24, 2.45) is 0 Å². The number of carbonyl (C=O) groups is 1. The molecule has 0 N–H and O–H groups in total. The Bertz CT molecular complexity index is 374. The summed E-state index contributed by atoms with van der Waals surface area (Å²) in [6.07, 6.45) is 0.738. The van der Waals surface area contributed by atoms with Crippen LogP contribution in [-0.4, -0.2) is 20.0 Å². The van der Waals surface area contributed by atoms with Gasteiger partial charge in [0.2, 0.25) is 0 Å². The van der Waals surface area contributed by atoms with Crippen LogP contribution in [0.15, 0.2) is 29.8 Å². The van der Waals surface area contributed by atoms with Crippen molar-refractivity contribution in [3.63, 3.8) is 0 Å². The number of benzene rings is 1. The minimum absolute atomic E-state index is 0.181. The van der Waals surface area contributed by atoms with Crippen LogP contribution in [0.3, 0.4) is 0 Å². The summed E-state index contributed by atoms with van der Waals surface area (Å²) in [5.74, 6) is 1.03. The third kappa shape index (κ3) is 3.29. The maximum atomic E-state index is 10.6. The zero-order valence-electron chi connectivity index (χ0n) is 8.33. The van der Waals surface area contributed by atoms with Gasteiger partial charge >= 0.3 is 0 Å². The van der Waals surface area contributed by atoms with E-state index in [2.05, 4.69) is 6.58 Å². The van der Waals surface area contributed by atoms with Crippen molar-refractivity contribution in [3.05, 3.63) is 35.4 Å². The summed E-state index contributed by atoms with van der Waals surface area (Å²) in [6.45, 7) is 3.68. The van der Waals surface area contributed by atoms with Crippen LogP contribution in [0, 0.1) is 0 Å². The molecule has 0 bridgehead atoms. The summed E-state index contributed by atoms with van der Waals surface area (Å²) in [5, 5.41) is 0.383. The first-order chi connectivity index (χ1) is 7.17. The largest absolute Gasteiger partial charge is 0.493 e. The highest BCUT2D eigenvalue weighted by molar-refractivity contribution is 6.29. The van der Waals surface area contributed by atoms with Crippen LogP contribution < -0.4 is 9.47 Å². The third-order valence-electron chi connectivity index (χ3n) is 1.71. The Hall–Kier alpha value is -1.48. The molecule has 0 aromatic heterocycles. The lowest BCUT2D eigenvalue weighted by Crippen LogP contribution is -1.99. The van der Waals surface area contributed by atoms with Gasteiger partial charge in [0.25, 0.3) is 0 Å². The molecule has 0 saturated heterocycles. The summed E-state index contributed by atoms with van der Waals surface area (Å²) in [6, 6.07) is 4.90. The molecule has 80 valence electrons. The monoisotopic (exact) mass is 226 g/mol. The van der Waals surface area contributed by atoms with Crippen LogP contribution in [-0.2, 0) is 0 Å². The number of hydrogen-bond donors (Lipinski definition) is 0. The molecule has 1 aromatic rings. The van der Waals surface area contributed by atoms with Gasteiger partial charge in [-0.1, -0.05) is 18.2 Å². The van der Waals surface area contributed by atoms with Gasteiger partial charge in [-0.05, 0) is 18.2 Å². The van der Waals surface area contributed by atoms with E-state index in [1.165, 1.54) is 7.11 Å². The molecule has 0 fully saturated rings. The Morgan fingerprint density at radius 2 is 2.27 bits per heavy atom. The standard InChI is InChI=1S/C11H11ClO3/c1-8(12)7-15-11-5-9(6-13)3-4-10(11)14-2/h3-6H,1,7H2,2H3. The van der Waals surface area contributed by atoms with Crippen molar-refractivity contribution in [1.82, 2.24) is 0 Å². The first kappa shape index (κ1) is 11.6. The summed E-state index contributed by atoms with van der Waals surface area (Å²) < 4.78 is 10.4. The Balaban J connectivity index is 2.90. The highest BCUT2D eigenvalue weighted by atomic mass is 35.5. The van der Waals surface area contributed by atoms with Crippen molar-refractivity contribution in [1.29, 1.82) is 0 Å². The maximum Gasteiger partial charge on any atom is 0.162 e. The fourth-order valence-electron chi connectivity index (χ4n) is 1.04. The fourth-order valence-corrected chi connectivity index (χ4v) is 1.09. The molecule has 0 heterocycles. The lowest BCUT2D eigenvalue weighted by Gasteiger charge is -2.10. The minimum Gasteiger partial charge on any atom is -0.493 e. The SMILES string of the molecule is C=C(Cl)COc1cc(C=O)ccc1OC. The first-order valence-corrected chi connectivity index (χ1v) is 4.64. The number of methoxy groups -OCH3 is 1. The molecule has 0 amide bonds. The molecule has 0 atom stereocenters. The number of carbonyl (C=O) groups excluding carboxylic acids is 1. The van der Waals surface area contributed by atoms with E-state index in [0.717, 1.165) is 6.29 Å². The van der Waals surface area contributed by atoms with E-state index in [1.54, 1.807) is 18.2 Å². The summed E-state index contributed by atoms with van der Waals surface area (Å²) in [5.41, 5.74) is 0.519. The van der Waals surface area contributed by atoms with Gasteiger partial charge in [0.15, 0.2) is 11.5 Å². The van der Waals surface area contributed by atoms with Crippen LogP contribution >= 0.6 is 11.6 Å². The number of hydrogen-bond acceptors (Lipinski definition) is 3. The molecule has 0 spiro atoms. The average Bonchev–Trinajstić information content (AvgIpc) is 2.25. The second-order valence-electron chi connectivity index (χ2n) is 2.83. The second-order valence-corrected chi connectivity index (χ2v) is 3.37. The molecule has 0 aliphatic rings. The number of ether oxygens (including phenoxy) is 2. The zero-order valence-corrected chi connectivity index (χ0v) is 9.08. The lowest BCUT2D eigenvalue weighted by molar-refractivity contribution is 0.112. The predicted molar refractivity (Wildman–Crippen MR) is 58.9 cm³/mol. The average molecular weight is 227 g/mol. The van der Waals surface area contributed by atoms with Crippen molar-refractivity contribution in [2.75, 3.05) is 13.7 Å². The quantitative estimate of drug-likeness (QED) is 0.724. The molecule has 1 aromatic carbocycles. The molecule has 15 heavy (non-hydrogen) atoms. The Morgan fingerprint density at radius 1 is 1.53 bits per heavy atom. The molecule has 0 radical (unpaired) electrons. The van der Waals surface area contributed by atoms with Gasteiger partial charge in [0, 0.05) is 10.6 Å². The Labute approximate surface area is 93.3 Å². The summed E-state index contributed by atoms with van der Waals surface area (Å²) in [4.78, 5) is 10.6. The number of rotatable bonds is 5. The first-order valence-electron chi connectivity index (χ1n) is 4.26. The third-order valence-corrected chi connectivity index (χ3v) is 1.82. The maximum absolute atomic E-state index is 10.6. The highest BCUT2D eigenvalue weighted by Crippen LogP contribution is 2.27. The zero-order chi connectivity index (χ0) is 11.3. The van der Waals surface area contributed by atoms with Gasteiger partial charge in [0.1, 0.15) is 12.9 Å². The van der Waals surface area contributed by atoms with Crippen LogP contribution in [0.4, 0.5) is 0 Å². The Kier molecular flexibility index (Phi) is 4.18. The lowest BCUT2D eigenvalue weighted by atomic mass is 10.2. The van der Waals surface area contributed by atoms with E-state index >= 15 is 0 Å². The van der Waals surface area contributed by atoms with Crippen molar-refractivity contribution in [2.45, 2.75) is 0 Å². The van der Waals surface area contributed by atoms with E-state index in [1.807, 2.05) is 0 Å². The van der Waals surface area contributed by atoms with Crippen LogP contribution in [0.2, 0.25) is 0 Å². The minimum atomic E-state index is 0.181. The van der Waals surface area contributed by atoms with Gasteiger partial charge in [-0.15, -0.1) is 0 Å². The topological polar surface area (TPSA) is 35.5 Å². The Morgan fingerprint density at radius 3 is 2.80 bits per heavy atom. The molecule has 0 aliphatic carbocycles. The van der Waals surface area contributed by atoms with E-state index in [-0.39, 0.29) is 6.61 Å². The van der Waals surface area contributed by atoms with E-state index < -0.39 is 0 Å². The van der Waals surface area contributed by atoms with Crippen LogP contribution in [0.1, 0.15) is 10.4 Å². The van der Waals surface area contributed by atoms with Crippen molar-refractivity contribution >= 4 is 17.9 Å². The normalized spacial score (nSPS) is 9.47. The van der Waals surface area contributed by atoms with E-state index in [4.69, 9.17) is 21.1 Å². The van der Waals surface area contributed by atoms with Crippen LogP contribution in [0.25, 0.3) is 0 Å². The molecule has 1 rings (SSSR count). The highest BCUT2D eigenvalue weighted by Gasteiger charge is 2.05. The molecule has 4 heteroatoms. The van der Waals surface area contributed by atoms with Gasteiger partial charge in [-0.3, -0.25) is 4.79 Å². The molecular formula is C11H11ClO3. The predicted octanol–water partition coefficient (Wildman–Crippen LogP) is 2.64. The van der Waals surface area contributed by atoms with E-state index in [0.29, 0.717) is 22.1 Å². The van der Waals surface area contributed by atoms with Crippen molar-refractivity contribution in [3.8, 4) is 11.5 Å². The number of halogens is 1. The number of aldehydes is 1. The summed E-state index contributed by atoms with van der Waals surface area (Å²) >= 11 is 5.57. The molecule has 0 unspecified atom stereocenters. The second kappa shape index (κ2) is 5.41. The molecular weight excluding hydrogens is 216 g/mol. The molecule has 3 nitrogen and oxygen atoms in total. The van der Waals surface area contributed by atoms with Gasteiger partial charge in [-0.25, -0.2) is 0 Å². The van der Waals surface area contributed by atoms with Gasteiger partial charge in [0.05, 0.1) is 7.11 Å². The molecule has 0 saturated carbocycles.